The molecule has 9 heteroatoms. The Bertz CT molecular complexity index is 1110. The Labute approximate surface area is 353 Å². The summed E-state index contributed by atoms with van der Waals surface area (Å²) in [5, 5.41) is 40.1. The molecule has 334 valence electrons. The van der Waals surface area contributed by atoms with Crippen molar-refractivity contribution in [2.24, 2.45) is 0 Å². The Morgan fingerprint density at radius 3 is 1.60 bits per heavy atom. The fourth-order valence-corrected chi connectivity index (χ4v) is 6.52. The minimum absolute atomic E-state index is 0.116. The molecule has 4 N–H and O–H groups in total. The van der Waals surface area contributed by atoms with Crippen molar-refractivity contribution in [2.75, 3.05) is 26.4 Å². The van der Waals surface area contributed by atoms with E-state index in [1.807, 2.05) is 0 Å². The van der Waals surface area contributed by atoms with Crippen LogP contribution in [-0.4, -0.2) is 89.6 Å². The van der Waals surface area contributed by atoms with E-state index >= 15 is 0 Å². The number of rotatable bonds is 38. The molecule has 0 aromatic carbocycles. The maximum atomic E-state index is 12.8. The molecule has 0 saturated carbocycles. The lowest BCUT2D eigenvalue weighted by molar-refractivity contribution is -0.305. The molecule has 1 aliphatic heterocycles. The van der Waals surface area contributed by atoms with E-state index in [-0.39, 0.29) is 25.6 Å². The van der Waals surface area contributed by atoms with Crippen LogP contribution in [0.25, 0.3) is 0 Å². The first-order valence-corrected chi connectivity index (χ1v) is 23.0. The van der Waals surface area contributed by atoms with Gasteiger partial charge in [-0.3, -0.25) is 4.79 Å². The second-order valence-corrected chi connectivity index (χ2v) is 15.5. The zero-order valence-electron chi connectivity index (χ0n) is 36.5. The van der Waals surface area contributed by atoms with E-state index < -0.39 is 43.4 Å². The molecule has 0 aromatic rings. The van der Waals surface area contributed by atoms with Crippen molar-refractivity contribution >= 4 is 5.97 Å². The van der Waals surface area contributed by atoms with E-state index in [2.05, 4.69) is 86.8 Å². The first-order chi connectivity index (χ1) is 28.4. The minimum atomic E-state index is -1.55. The van der Waals surface area contributed by atoms with Gasteiger partial charge in [0.05, 0.1) is 19.8 Å². The van der Waals surface area contributed by atoms with Crippen molar-refractivity contribution in [3.05, 3.63) is 72.9 Å². The van der Waals surface area contributed by atoms with Gasteiger partial charge in [0, 0.05) is 13.0 Å². The van der Waals surface area contributed by atoms with Crippen LogP contribution in [0.15, 0.2) is 72.9 Å². The number of aliphatic hydroxyl groups excluding tert-OH is 4. The molecule has 9 nitrogen and oxygen atoms in total. The number of ether oxygens (including phenoxy) is 4. The average Bonchev–Trinajstić information content (AvgIpc) is 3.22. The standard InChI is InChI=1S/C49H84O9/c1-3-5-7-9-11-13-15-17-19-21-23-25-27-29-31-33-35-37-39-55-41-43(42-56-49-48(54)47(53)46(52)44(40-50)58-49)57-45(51)38-36-34-32-30-28-26-24-22-20-18-16-14-12-10-8-6-4-2/h6,8,12,14,17-20,24,26,30,32,43-44,46-50,52-54H,3-5,7,9-11,13,15-16,21-23,25,27-29,31,33-42H2,1-2H3/b8-6-,14-12-,19-17-,20-18-,26-24-,32-30-. The molecule has 1 heterocycles. The van der Waals surface area contributed by atoms with Gasteiger partial charge < -0.3 is 39.4 Å². The molecule has 1 rings (SSSR count). The van der Waals surface area contributed by atoms with Gasteiger partial charge >= 0.3 is 5.97 Å². The zero-order chi connectivity index (χ0) is 42.2. The fraction of sp³-hybridized carbons (Fsp3) is 0.735. The summed E-state index contributed by atoms with van der Waals surface area (Å²) in [5.74, 6) is -0.373. The normalized spacial score (nSPS) is 21.0. The summed E-state index contributed by atoms with van der Waals surface area (Å²) in [6.07, 6.45) is 45.0. The van der Waals surface area contributed by atoms with Gasteiger partial charge in [-0.05, 0) is 77.0 Å². The highest BCUT2D eigenvalue weighted by atomic mass is 16.7. The molecular weight excluding hydrogens is 733 g/mol. The largest absolute Gasteiger partial charge is 0.457 e. The van der Waals surface area contributed by atoms with Gasteiger partial charge in [-0.2, -0.15) is 0 Å². The highest BCUT2D eigenvalue weighted by molar-refractivity contribution is 5.69. The van der Waals surface area contributed by atoms with Crippen LogP contribution in [-0.2, 0) is 23.7 Å². The Kier molecular flexibility index (Phi) is 37.1. The van der Waals surface area contributed by atoms with Crippen LogP contribution in [0.5, 0.6) is 0 Å². The predicted molar refractivity (Wildman–Crippen MR) is 237 cm³/mol. The van der Waals surface area contributed by atoms with Crippen molar-refractivity contribution < 1.29 is 44.2 Å². The van der Waals surface area contributed by atoms with Crippen LogP contribution < -0.4 is 0 Å². The molecule has 0 aromatic heterocycles. The molecule has 0 bridgehead atoms. The third-order valence-corrected chi connectivity index (χ3v) is 10.1. The van der Waals surface area contributed by atoms with Gasteiger partial charge in [-0.25, -0.2) is 0 Å². The van der Waals surface area contributed by atoms with Crippen LogP contribution in [0.1, 0.15) is 168 Å². The van der Waals surface area contributed by atoms with E-state index in [9.17, 15) is 25.2 Å². The lowest BCUT2D eigenvalue weighted by atomic mass is 9.99. The summed E-state index contributed by atoms with van der Waals surface area (Å²) in [4.78, 5) is 12.8. The maximum Gasteiger partial charge on any atom is 0.306 e. The number of carbonyl (C=O) groups is 1. The topological polar surface area (TPSA) is 135 Å². The van der Waals surface area contributed by atoms with Crippen molar-refractivity contribution in [1.82, 2.24) is 0 Å². The first-order valence-electron chi connectivity index (χ1n) is 23.0. The molecule has 1 aliphatic rings. The fourth-order valence-electron chi connectivity index (χ4n) is 6.52. The summed E-state index contributed by atoms with van der Waals surface area (Å²) in [5.41, 5.74) is 0. The number of unbranched alkanes of at least 4 members (excludes halogenated alkanes) is 15. The number of carbonyl (C=O) groups excluding carboxylic acids is 1. The third kappa shape index (κ3) is 30.6. The Morgan fingerprint density at radius 1 is 0.569 bits per heavy atom. The summed E-state index contributed by atoms with van der Waals surface area (Å²) < 4.78 is 22.8. The molecule has 0 aliphatic carbocycles. The third-order valence-electron chi connectivity index (χ3n) is 10.1. The van der Waals surface area contributed by atoms with Crippen LogP contribution in [0.2, 0.25) is 0 Å². The molecular formula is C49H84O9. The van der Waals surface area contributed by atoms with Gasteiger partial charge in [-0.1, -0.05) is 157 Å². The Morgan fingerprint density at radius 2 is 1.05 bits per heavy atom. The van der Waals surface area contributed by atoms with Gasteiger partial charge in [0.1, 0.15) is 30.5 Å². The van der Waals surface area contributed by atoms with Crippen molar-refractivity contribution in [3.63, 3.8) is 0 Å². The van der Waals surface area contributed by atoms with Crippen LogP contribution in [0.3, 0.4) is 0 Å². The monoisotopic (exact) mass is 817 g/mol. The van der Waals surface area contributed by atoms with Gasteiger partial charge in [0.25, 0.3) is 0 Å². The summed E-state index contributed by atoms with van der Waals surface area (Å²) in [7, 11) is 0. The molecule has 6 unspecified atom stereocenters. The summed E-state index contributed by atoms with van der Waals surface area (Å²) >= 11 is 0. The van der Waals surface area contributed by atoms with Gasteiger partial charge in [0.15, 0.2) is 6.29 Å². The lowest BCUT2D eigenvalue weighted by Gasteiger charge is -2.39. The molecule has 0 amide bonds. The van der Waals surface area contributed by atoms with E-state index in [4.69, 9.17) is 18.9 Å². The summed E-state index contributed by atoms with van der Waals surface area (Å²) in [6, 6.07) is 0. The molecule has 0 radical (unpaired) electrons. The second kappa shape index (κ2) is 40.1. The molecule has 1 saturated heterocycles. The Balaban J connectivity index is 2.31. The van der Waals surface area contributed by atoms with Gasteiger partial charge in [0.2, 0.25) is 0 Å². The zero-order valence-corrected chi connectivity index (χ0v) is 36.5. The quantitative estimate of drug-likeness (QED) is 0.0273. The smallest absolute Gasteiger partial charge is 0.306 e. The SMILES string of the molecule is CC/C=C\C/C=C\C/C=C\C/C=C\C/C=C\CCCC(=O)OC(COCCCCCCCCCC/C=C\CCCCCCCC)COC1OC(CO)C(O)C(O)C1O. The van der Waals surface area contributed by atoms with Crippen molar-refractivity contribution in [3.8, 4) is 0 Å². The molecule has 6 atom stereocenters. The van der Waals surface area contributed by atoms with E-state index in [0.29, 0.717) is 13.0 Å². The second-order valence-electron chi connectivity index (χ2n) is 15.5. The predicted octanol–water partition coefficient (Wildman–Crippen LogP) is 10.5. The molecule has 58 heavy (non-hydrogen) atoms. The van der Waals surface area contributed by atoms with E-state index in [1.54, 1.807) is 0 Å². The molecule has 0 spiro atoms. The van der Waals surface area contributed by atoms with E-state index in [0.717, 1.165) is 57.8 Å². The highest BCUT2D eigenvalue weighted by Gasteiger charge is 2.44. The number of hydrogen-bond donors (Lipinski definition) is 4. The van der Waals surface area contributed by atoms with Crippen LogP contribution in [0.4, 0.5) is 0 Å². The van der Waals surface area contributed by atoms with Gasteiger partial charge in [-0.15, -0.1) is 0 Å². The van der Waals surface area contributed by atoms with Crippen LogP contribution in [0, 0.1) is 0 Å². The Hall–Kier alpha value is -2.37. The van der Waals surface area contributed by atoms with Crippen molar-refractivity contribution in [2.45, 2.75) is 205 Å². The highest BCUT2D eigenvalue weighted by Crippen LogP contribution is 2.22. The van der Waals surface area contributed by atoms with Crippen LogP contribution >= 0.6 is 0 Å². The minimum Gasteiger partial charge on any atom is -0.457 e. The average molecular weight is 817 g/mol. The maximum absolute atomic E-state index is 12.8. The number of esters is 1. The van der Waals surface area contributed by atoms with E-state index in [1.165, 1.54) is 83.5 Å². The number of aliphatic hydroxyl groups is 4. The lowest BCUT2D eigenvalue weighted by Crippen LogP contribution is -2.59. The number of hydrogen-bond acceptors (Lipinski definition) is 9. The first kappa shape index (κ1) is 53.6. The number of allylic oxidation sites excluding steroid dienone is 12. The molecule has 1 fully saturated rings. The van der Waals surface area contributed by atoms with Crippen molar-refractivity contribution in [1.29, 1.82) is 0 Å². The summed E-state index contributed by atoms with van der Waals surface area (Å²) in [6.45, 7) is 4.35.